The van der Waals surface area contributed by atoms with E-state index < -0.39 is 6.67 Å². The van der Waals surface area contributed by atoms with Gasteiger partial charge in [-0.2, -0.15) is 10.2 Å². The number of ether oxygens (including phenoxy) is 1. The normalized spacial score (nSPS) is 14.4. The van der Waals surface area contributed by atoms with E-state index in [0.29, 0.717) is 17.6 Å². The molecule has 1 aliphatic heterocycles. The van der Waals surface area contributed by atoms with Crippen molar-refractivity contribution in [2.45, 2.75) is 38.8 Å². The first-order valence-corrected chi connectivity index (χ1v) is 12.4. The molecule has 188 valence electrons. The lowest BCUT2D eigenvalue weighted by atomic mass is 10.1. The Morgan fingerprint density at radius 3 is 2.78 bits per heavy atom. The van der Waals surface area contributed by atoms with Gasteiger partial charge in [-0.05, 0) is 42.2 Å². The number of pyridine rings is 2. The van der Waals surface area contributed by atoms with E-state index in [1.54, 1.807) is 6.20 Å². The van der Waals surface area contributed by atoms with Crippen LogP contribution >= 0.6 is 0 Å². The number of hydrogen-bond donors (Lipinski definition) is 1. The summed E-state index contributed by atoms with van der Waals surface area (Å²) in [7, 11) is 0. The Morgan fingerprint density at radius 1 is 1.06 bits per heavy atom. The first kappa shape index (κ1) is 24.2. The second-order valence-corrected chi connectivity index (χ2v) is 9.40. The number of likely N-dealkylation sites (tertiary alicyclic amines) is 1. The topological polar surface area (TPSA) is 93.9 Å². The molecule has 5 heterocycles. The molecule has 0 atom stereocenters. The second kappa shape index (κ2) is 11.0. The number of halogens is 1. The van der Waals surface area contributed by atoms with Crippen LogP contribution in [0.15, 0.2) is 49.1 Å². The van der Waals surface area contributed by atoms with Crippen molar-refractivity contribution < 1.29 is 9.13 Å². The van der Waals surface area contributed by atoms with Gasteiger partial charge in [0.2, 0.25) is 0 Å². The third-order valence-electron chi connectivity index (χ3n) is 6.32. The van der Waals surface area contributed by atoms with Crippen molar-refractivity contribution in [3.63, 3.8) is 0 Å². The Balaban J connectivity index is 1.20. The summed E-state index contributed by atoms with van der Waals surface area (Å²) in [5.41, 5.74) is 4.70. The van der Waals surface area contributed by atoms with Crippen LogP contribution in [0.2, 0.25) is 0 Å². The summed E-state index contributed by atoms with van der Waals surface area (Å²) in [4.78, 5) is 11.7. The molecule has 1 N–H and O–H groups in total. The van der Waals surface area contributed by atoms with Crippen LogP contribution in [0.5, 0.6) is 0 Å². The molecule has 36 heavy (non-hydrogen) atoms. The molecule has 1 fully saturated rings. The minimum absolute atomic E-state index is 0.180. The van der Waals surface area contributed by atoms with E-state index in [4.69, 9.17) is 9.72 Å². The zero-order valence-corrected chi connectivity index (χ0v) is 20.6. The fraction of sp³-hybridized carbons (Fsp3) is 0.423. The Bertz CT molecular complexity index is 1300. The molecule has 0 amide bonds. The van der Waals surface area contributed by atoms with Crippen molar-refractivity contribution in [1.29, 1.82) is 0 Å². The summed E-state index contributed by atoms with van der Waals surface area (Å²) < 4.78 is 19.5. The van der Waals surface area contributed by atoms with E-state index in [1.165, 1.54) is 0 Å². The lowest BCUT2D eigenvalue weighted by Gasteiger charge is -2.38. The maximum absolute atomic E-state index is 12.2. The quantitative estimate of drug-likeness (QED) is 0.334. The van der Waals surface area contributed by atoms with E-state index in [9.17, 15) is 4.39 Å². The van der Waals surface area contributed by atoms with Gasteiger partial charge >= 0.3 is 0 Å². The van der Waals surface area contributed by atoms with Gasteiger partial charge in [-0.15, -0.1) is 5.10 Å². The number of nitrogens with zero attached hydrogens (tertiary/aromatic N) is 7. The van der Waals surface area contributed by atoms with Crippen LogP contribution in [0.25, 0.3) is 22.2 Å². The molecular weight excluding hydrogens is 459 g/mol. The Hall–Kier alpha value is -3.50. The summed E-state index contributed by atoms with van der Waals surface area (Å²) >= 11 is 0. The maximum Gasteiger partial charge on any atom is 0.154 e. The summed E-state index contributed by atoms with van der Waals surface area (Å²) in [6.45, 7) is 7.61. The standard InChI is InChI=1S/C26H31FN8O/c1-18(2)19-11-26(33-29-13-19)32-25-5-4-23-24(31-25)10-20(12-28-23)21-14-30-35(15-21)8-3-7-34-16-22(17-34)36-9-6-27/h4-5,10-15,18,22H,3,6-9,16-17H2,1-2H3,(H,31,32,33). The van der Waals surface area contributed by atoms with Gasteiger partial charge < -0.3 is 10.1 Å². The highest BCUT2D eigenvalue weighted by molar-refractivity contribution is 5.81. The highest BCUT2D eigenvalue weighted by Gasteiger charge is 2.26. The SMILES string of the molecule is CC(C)c1cnnc(Nc2ccc3ncc(-c4cnn(CCCN5CC(OCCF)C5)c4)cc3n2)c1. The van der Waals surface area contributed by atoms with E-state index in [-0.39, 0.29) is 12.7 Å². The average Bonchev–Trinajstić information content (AvgIpc) is 3.33. The van der Waals surface area contributed by atoms with Crippen LogP contribution in [0.3, 0.4) is 0 Å². The molecule has 5 rings (SSSR count). The first-order chi connectivity index (χ1) is 17.6. The third kappa shape index (κ3) is 5.83. The lowest BCUT2D eigenvalue weighted by molar-refractivity contribution is -0.0578. The van der Waals surface area contributed by atoms with Crippen molar-refractivity contribution in [2.24, 2.45) is 0 Å². The van der Waals surface area contributed by atoms with Gasteiger partial charge in [0, 0.05) is 49.7 Å². The lowest BCUT2D eigenvalue weighted by Crippen LogP contribution is -2.52. The molecule has 9 nitrogen and oxygen atoms in total. The fourth-order valence-electron chi connectivity index (χ4n) is 4.24. The molecule has 1 aliphatic rings. The summed E-state index contributed by atoms with van der Waals surface area (Å²) in [5, 5.41) is 16.0. The third-order valence-corrected chi connectivity index (χ3v) is 6.32. The van der Waals surface area contributed by atoms with E-state index in [0.717, 1.165) is 60.3 Å². The van der Waals surface area contributed by atoms with Crippen LogP contribution in [0.1, 0.15) is 31.7 Å². The smallest absolute Gasteiger partial charge is 0.154 e. The van der Waals surface area contributed by atoms with E-state index >= 15 is 0 Å². The molecule has 0 aromatic carbocycles. The predicted molar refractivity (Wildman–Crippen MR) is 137 cm³/mol. The molecule has 4 aromatic heterocycles. The highest BCUT2D eigenvalue weighted by atomic mass is 19.1. The van der Waals surface area contributed by atoms with Crippen molar-refractivity contribution in [3.8, 4) is 11.1 Å². The summed E-state index contributed by atoms with van der Waals surface area (Å²) in [5.74, 6) is 1.73. The minimum Gasteiger partial charge on any atom is -0.373 e. The zero-order chi connectivity index (χ0) is 24.9. The van der Waals surface area contributed by atoms with Crippen LogP contribution < -0.4 is 5.32 Å². The van der Waals surface area contributed by atoms with Crippen LogP contribution in [0.4, 0.5) is 16.0 Å². The molecule has 0 saturated carbocycles. The predicted octanol–water partition coefficient (Wildman–Crippen LogP) is 4.21. The number of hydrogen-bond acceptors (Lipinski definition) is 8. The van der Waals surface area contributed by atoms with E-state index in [2.05, 4.69) is 44.3 Å². The average molecular weight is 491 g/mol. The van der Waals surface area contributed by atoms with Crippen molar-refractivity contribution >= 4 is 22.7 Å². The molecule has 4 aromatic rings. The molecule has 0 unspecified atom stereocenters. The monoisotopic (exact) mass is 490 g/mol. The largest absolute Gasteiger partial charge is 0.373 e. The fourth-order valence-corrected chi connectivity index (χ4v) is 4.24. The molecular formula is C26H31FN8O. The van der Waals surface area contributed by atoms with Gasteiger partial charge in [-0.1, -0.05) is 13.8 Å². The summed E-state index contributed by atoms with van der Waals surface area (Å²) in [6, 6.07) is 7.86. The van der Waals surface area contributed by atoms with Crippen molar-refractivity contribution in [3.05, 3.63) is 54.6 Å². The van der Waals surface area contributed by atoms with Gasteiger partial charge in [0.15, 0.2) is 5.82 Å². The first-order valence-electron chi connectivity index (χ1n) is 12.4. The van der Waals surface area contributed by atoms with Crippen molar-refractivity contribution in [1.82, 2.24) is 34.8 Å². The molecule has 10 heteroatoms. The summed E-state index contributed by atoms with van der Waals surface area (Å²) in [6.07, 6.45) is 8.72. The molecule has 0 spiro atoms. The molecule has 0 radical (unpaired) electrons. The van der Waals surface area contributed by atoms with Crippen LogP contribution in [-0.2, 0) is 11.3 Å². The van der Waals surface area contributed by atoms with Gasteiger partial charge in [0.05, 0.1) is 36.1 Å². The van der Waals surface area contributed by atoms with Gasteiger partial charge in [0.25, 0.3) is 0 Å². The number of nitrogens with one attached hydrogen (secondary N) is 1. The number of anilines is 2. The highest BCUT2D eigenvalue weighted by Crippen LogP contribution is 2.24. The molecule has 0 bridgehead atoms. The van der Waals surface area contributed by atoms with Gasteiger partial charge in [-0.3, -0.25) is 14.6 Å². The van der Waals surface area contributed by atoms with Crippen LogP contribution in [0, 0.1) is 0 Å². The van der Waals surface area contributed by atoms with E-state index in [1.807, 2.05) is 47.5 Å². The Morgan fingerprint density at radius 2 is 1.94 bits per heavy atom. The number of fused-ring (bicyclic) bond motifs is 1. The number of alkyl halides is 1. The second-order valence-electron chi connectivity index (χ2n) is 9.40. The van der Waals surface area contributed by atoms with Crippen LogP contribution in [-0.4, -0.2) is 73.9 Å². The van der Waals surface area contributed by atoms with Gasteiger partial charge in [-0.25, -0.2) is 9.37 Å². The minimum atomic E-state index is -0.416. The number of rotatable bonds is 11. The number of aryl methyl sites for hydroxylation is 1. The Labute approximate surface area is 209 Å². The van der Waals surface area contributed by atoms with Gasteiger partial charge in [0.1, 0.15) is 12.5 Å². The number of aromatic nitrogens is 6. The van der Waals surface area contributed by atoms with Crippen molar-refractivity contribution in [2.75, 3.05) is 38.2 Å². The molecule has 0 aliphatic carbocycles. The zero-order valence-electron chi connectivity index (χ0n) is 20.6. The Kier molecular flexibility index (Phi) is 7.43. The molecule has 1 saturated heterocycles. The maximum atomic E-state index is 12.2.